The molecule has 2 heterocycles. The molecule has 0 amide bonds. The maximum atomic E-state index is 12.3. The van der Waals surface area contributed by atoms with Gasteiger partial charge in [-0.3, -0.25) is 9.67 Å². The van der Waals surface area contributed by atoms with E-state index in [-0.39, 0.29) is 5.97 Å². The lowest BCUT2D eigenvalue weighted by atomic mass is 10.1. The van der Waals surface area contributed by atoms with Crippen LogP contribution in [0.1, 0.15) is 28.5 Å². The number of hydrogen-bond donors (Lipinski definition) is 1. The fourth-order valence-corrected chi connectivity index (χ4v) is 2.60. The largest absolute Gasteiger partial charge is 0.462 e. The fourth-order valence-electron chi connectivity index (χ4n) is 2.60. The van der Waals surface area contributed by atoms with Gasteiger partial charge in [-0.05, 0) is 19.9 Å². The summed E-state index contributed by atoms with van der Waals surface area (Å²) in [5, 5.41) is 8.52. The summed E-state index contributed by atoms with van der Waals surface area (Å²) in [6.07, 6.45) is 3.40. The molecular weight excluding hydrogens is 304 g/mol. The van der Waals surface area contributed by atoms with E-state index in [2.05, 4.69) is 15.4 Å². The highest BCUT2D eigenvalue weighted by Crippen LogP contribution is 2.27. The monoisotopic (exact) mass is 324 g/mol. The summed E-state index contributed by atoms with van der Waals surface area (Å²) in [7, 11) is 1.91. The first-order chi connectivity index (χ1) is 11.6. The number of hydrogen-bond acceptors (Lipinski definition) is 5. The minimum atomic E-state index is -0.374. The zero-order valence-corrected chi connectivity index (χ0v) is 14.0. The van der Waals surface area contributed by atoms with Gasteiger partial charge in [0.2, 0.25) is 0 Å². The molecule has 0 radical (unpaired) electrons. The summed E-state index contributed by atoms with van der Waals surface area (Å²) in [6, 6.07) is 7.72. The van der Waals surface area contributed by atoms with Crippen molar-refractivity contribution in [1.29, 1.82) is 0 Å². The maximum Gasteiger partial charge on any atom is 0.341 e. The molecule has 0 atom stereocenters. The van der Waals surface area contributed by atoms with Crippen LogP contribution in [-0.2, 0) is 18.3 Å². The molecule has 2 aromatic heterocycles. The van der Waals surface area contributed by atoms with E-state index in [0.717, 1.165) is 27.8 Å². The number of nitrogens with zero attached hydrogens (tertiary/aromatic N) is 3. The molecule has 0 bridgehead atoms. The predicted molar refractivity (Wildman–Crippen MR) is 93.0 cm³/mol. The van der Waals surface area contributed by atoms with Crippen molar-refractivity contribution in [3.8, 4) is 0 Å². The standard InChI is InChI=1S/C18H20N4O2/c1-4-24-18(23)15-11-19-16-8-6-5-7-14(16)17(15)20-9-13-10-21-22(3)12(13)2/h5-8,10-11H,4,9H2,1-3H3,(H,19,20). The summed E-state index contributed by atoms with van der Waals surface area (Å²) in [5.41, 5.74) is 4.17. The smallest absolute Gasteiger partial charge is 0.341 e. The van der Waals surface area contributed by atoms with Crippen molar-refractivity contribution in [1.82, 2.24) is 14.8 Å². The minimum absolute atomic E-state index is 0.326. The highest BCUT2D eigenvalue weighted by molar-refractivity contribution is 6.04. The number of fused-ring (bicyclic) bond motifs is 1. The molecule has 0 unspecified atom stereocenters. The third kappa shape index (κ3) is 2.95. The third-order valence-electron chi connectivity index (χ3n) is 4.06. The Morgan fingerprint density at radius 2 is 2.08 bits per heavy atom. The van der Waals surface area contributed by atoms with E-state index in [0.29, 0.717) is 18.7 Å². The SMILES string of the molecule is CCOC(=O)c1cnc2ccccc2c1NCc1cnn(C)c1C. The van der Waals surface area contributed by atoms with Crippen molar-refractivity contribution in [2.45, 2.75) is 20.4 Å². The van der Waals surface area contributed by atoms with Crippen LogP contribution in [0.5, 0.6) is 0 Å². The van der Waals surface area contributed by atoms with E-state index in [1.54, 1.807) is 13.1 Å². The number of ether oxygens (including phenoxy) is 1. The second-order valence-electron chi connectivity index (χ2n) is 5.52. The van der Waals surface area contributed by atoms with E-state index >= 15 is 0 Å². The Balaban J connectivity index is 2.01. The van der Waals surface area contributed by atoms with Crippen LogP contribution in [0.2, 0.25) is 0 Å². The van der Waals surface area contributed by atoms with Gasteiger partial charge < -0.3 is 10.1 Å². The highest BCUT2D eigenvalue weighted by Gasteiger charge is 2.17. The summed E-state index contributed by atoms with van der Waals surface area (Å²) < 4.78 is 6.99. The second kappa shape index (κ2) is 6.70. The molecule has 24 heavy (non-hydrogen) atoms. The van der Waals surface area contributed by atoms with Crippen molar-refractivity contribution < 1.29 is 9.53 Å². The molecule has 1 N–H and O–H groups in total. The van der Waals surface area contributed by atoms with Gasteiger partial charge in [0.1, 0.15) is 5.56 Å². The summed E-state index contributed by atoms with van der Waals surface area (Å²) in [4.78, 5) is 16.6. The Morgan fingerprint density at radius 3 is 2.79 bits per heavy atom. The fraction of sp³-hybridized carbons (Fsp3) is 0.278. The predicted octanol–water partition coefficient (Wildman–Crippen LogP) is 3.07. The Hall–Kier alpha value is -2.89. The van der Waals surface area contributed by atoms with Gasteiger partial charge in [-0.15, -0.1) is 0 Å². The van der Waals surface area contributed by atoms with Gasteiger partial charge in [-0.2, -0.15) is 5.10 Å². The number of aromatic nitrogens is 3. The van der Waals surface area contributed by atoms with Crippen LogP contribution in [0, 0.1) is 6.92 Å². The molecule has 6 nitrogen and oxygen atoms in total. The van der Waals surface area contributed by atoms with E-state index in [1.807, 2.05) is 49.1 Å². The molecule has 0 fully saturated rings. The summed E-state index contributed by atoms with van der Waals surface area (Å²) in [6.45, 7) is 4.70. The third-order valence-corrected chi connectivity index (χ3v) is 4.06. The first kappa shape index (κ1) is 16.0. The zero-order chi connectivity index (χ0) is 17.1. The van der Waals surface area contributed by atoms with Gasteiger partial charge in [0.15, 0.2) is 0 Å². The number of carbonyl (C=O) groups is 1. The van der Waals surface area contributed by atoms with Crippen LogP contribution in [-0.4, -0.2) is 27.3 Å². The van der Waals surface area contributed by atoms with Gasteiger partial charge in [-0.1, -0.05) is 18.2 Å². The molecule has 6 heteroatoms. The topological polar surface area (TPSA) is 69.0 Å². The lowest BCUT2D eigenvalue weighted by molar-refractivity contribution is 0.0527. The lowest BCUT2D eigenvalue weighted by Gasteiger charge is -2.14. The van der Waals surface area contributed by atoms with Crippen LogP contribution < -0.4 is 5.32 Å². The molecule has 3 rings (SSSR count). The number of rotatable bonds is 5. The van der Waals surface area contributed by atoms with Gasteiger partial charge >= 0.3 is 5.97 Å². The second-order valence-corrected chi connectivity index (χ2v) is 5.52. The number of para-hydroxylation sites is 1. The van der Waals surface area contributed by atoms with Gasteiger partial charge in [0.25, 0.3) is 0 Å². The van der Waals surface area contributed by atoms with Crippen LogP contribution >= 0.6 is 0 Å². The molecule has 0 saturated carbocycles. The first-order valence-electron chi connectivity index (χ1n) is 7.88. The number of esters is 1. The number of anilines is 1. The average molecular weight is 324 g/mol. The van der Waals surface area contributed by atoms with Crippen LogP contribution in [0.15, 0.2) is 36.7 Å². The van der Waals surface area contributed by atoms with E-state index < -0.39 is 0 Å². The molecule has 124 valence electrons. The first-order valence-corrected chi connectivity index (χ1v) is 7.88. The molecule has 0 saturated heterocycles. The van der Waals surface area contributed by atoms with E-state index in [1.165, 1.54) is 0 Å². The van der Waals surface area contributed by atoms with Crippen LogP contribution in [0.3, 0.4) is 0 Å². The van der Waals surface area contributed by atoms with Gasteiger partial charge in [-0.25, -0.2) is 4.79 Å². The molecule has 0 aliphatic carbocycles. The Bertz CT molecular complexity index is 886. The number of aryl methyl sites for hydroxylation is 1. The number of pyridine rings is 1. The van der Waals surface area contributed by atoms with Crippen molar-refractivity contribution in [2.75, 3.05) is 11.9 Å². The Morgan fingerprint density at radius 1 is 1.29 bits per heavy atom. The van der Waals surface area contributed by atoms with Crippen molar-refractivity contribution in [3.63, 3.8) is 0 Å². The number of nitrogens with one attached hydrogen (secondary N) is 1. The molecule has 0 aliphatic heterocycles. The molecular formula is C18H20N4O2. The van der Waals surface area contributed by atoms with E-state index in [9.17, 15) is 4.79 Å². The molecule has 0 spiro atoms. The van der Waals surface area contributed by atoms with Crippen LogP contribution in [0.25, 0.3) is 10.9 Å². The van der Waals surface area contributed by atoms with Gasteiger partial charge in [0, 0.05) is 36.4 Å². The number of carbonyl (C=O) groups excluding carboxylic acids is 1. The molecule has 3 aromatic rings. The quantitative estimate of drug-likeness (QED) is 0.731. The van der Waals surface area contributed by atoms with Crippen molar-refractivity contribution in [3.05, 3.63) is 53.5 Å². The highest BCUT2D eigenvalue weighted by atomic mass is 16.5. The zero-order valence-electron chi connectivity index (χ0n) is 14.0. The van der Waals surface area contributed by atoms with Crippen molar-refractivity contribution >= 4 is 22.6 Å². The molecule has 0 aliphatic rings. The van der Waals surface area contributed by atoms with Gasteiger partial charge in [0.05, 0.1) is 24.0 Å². The lowest BCUT2D eigenvalue weighted by Crippen LogP contribution is -2.11. The summed E-state index contributed by atoms with van der Waals surface area (Å²) >= 11 is 0. The maximum absolute atomic E-state index is 12.3. The Labute approximate surface area is 140 Å². The van der Waals surface area contributed by atoms with E-state index in [4.69, 9.17) is 4.74 Å². The van der Waals surface area contributed by atoms with Crippen LogP contribution in [0.4, 0.5) is 5.69 Å². The van der Waals surface area contributed by atoms with Crippen molar-refractivity contribution in [2.24, 2.45) is 7.05 Å². The molecule has 1 aromatic carbocycles. The normalized spacial score (nSPS) is 10.8. The number of benzene rings is 1. The Kier molecular flexibility index (Phi) is 4.46. The minimum Gasteiger partial charge on any atom is -0.462 e. The average Bonchev–Trinajstić information content (AvgIpc) is 2.91. The summed E-state index contributed by atoms with van der Waals surface area (Å²) in [5.74, 6) is -0.374.